The molecule has 0 aromatic carbocycles. The third kappa shape index (κ3) is 3.01. The average molecular weight is 175 g/mol. The Morgan fingerprint density at radius 3 is 2.82 bits per heavy atom. The second-order valence-corrected chi connectivity index (χ2v) is 4.06. The van der Waals surface area contributed by atoms with Crippen LogP contribution in [0.25, 0.3) is 0 Å². The topological polar surface area (TPSA) is 12.5 Å². The Balaban J connectivity index is 2.34. The van der Waals surface area contributed by atoms with Crippen molar-refractivity contribution >= 4 is 12.6 Å². The highest BCUT2D eigenvalue weighted by Crippen LogP contribution is 2.15. The Labute approximate surface area is 74.3 Å². The first-order valence-electron chi connectivity index (χ1n) is 4.11. The highest BCUT2D eigenvalue weighted by atomic mass is 32.1. The van der Waals surface area contributed by atoms with Gasteiger partial charge in [0.2, 0.25) is 0 Å². The van der Waals surface area contributed by atoms with Crippen LogP contribution in [0.1, 0.15) is 13.8 Å². The maximum absolute atomic E-state index is 5.58. The fourth-order valence-electron chi connectivity index (χ4n) is 1.45. The maximum Gasteiger partial charge on any atom is 0.0753 e. The lowest BCUT2D eigenvalue weighted by Crippen LogP contribution is -2.48. The fourth-order valence-corrected chi connectivity index (χ4v) is 1.73. The van der Waals surface area contributed by atoms with E-state index in [2.05, 4.69) is 31.4 Å². The Kier molecular flexibility index (Phi) is 3.22. The van der Waals surface area contributed by atoms with Crippen LogP contribution in [0, 0.1) is 0 Å². The molecule has 1 rings (SSSR count). The van der Waals surface area contributed by atoms with Gasteiger partial charge in [0.25, 0.3) is 0 Å². The first-order valence-corrected chi connectivity index (χ1v) is 4.74. The lowest BCUT2D eigenvalue weighted by molar-refractivity contribution is -0.0842. The third-order valence-corrected chi connectivity index (χ3v) is 2.12. The predicted molar refractivity (Wildman–Crippen MR) is 50.3 cm³/mol. The molecule has 66 valence electrons. The Morgan fingerprint density at radius 2 is 2.27 bits per heavy atom. The minimum Gasteiger partial charge on any atom is -0.373 e. The van der Waals surface area contributed by atoms with Crippen LogP contribution in [0.4, 0.5) is 0 Å². The number of ether oxygens (including phenoxy) is 1. The van der Waals surface area contributed by atoms with E-state index >= 15 is 0 Å². The van der Waals surface area contributed by atoms with E-state index in [0.29, 0.717) is 0 Å². The van der Waals surface area contributed by atoms with Crippen molar-refractivity contribution in [3.8, 4) is 0 Å². The average Bonchev–Trinajstić information content (AvgIpc) is 1.85. The highest BCUT2D eigenvalue weighted by molar-refractivity contribution is 7.80. The molecule has 0 atom stereocenters. The molecule has 1 fully saturated rings. The van der Waals surface area contributed by atoms with Gasteiger partial charge in [0.05, 0.1) is 12.2 Å². The molecule has 1 aliphatic heterocycles. The van der Waals surface area contributed by atoms with Crippen molar-refractivity contribution in [2.45, 2.75) is 19.4 Å². The van der Waals surface area contributed by atoms with E-state index in [4.69, 9.17) is 4.74 Å². The summed E-state index contributed by atoms with van der Waals surface area (Å²) in [6.45, 7) is 8.31. The minimum absolute atomic E-state index is 0.0429. The summed E-state index contributed by atoms with van der Waals surface area (Å²) in [6.07, 6.45) is 0. The van der Waals surface area contributed by atoms with Gasteiger partial charge in [-0.05, 0) is 13.8 Å². The summed E-state index contributed by atoms with van der Waals surface area (Å²) < 4.78 is 5.58. The molecule has 1 aliphatic rings. The molecule has 0 bridgehead atoms. The van der Waals surface area contributed by atoms with Crippen LogP contribution in [-0.4, -0.2) is 42.5 Å². The van der Waals surface area contributed by atoms with Crippen LogP contribution < -0.4 is 0 Å². The van der Waals surface area contributed by atoms with Crippen molar-refractivity contribution in [1.82, 2.24) is 4.90 Å². The van der Waals surface area contributed by atoms with Crippen LogP contribution in [-0.2, 0) is 4.74 Å². The quantitative estimate of drug-likeness (QED) is 0.629. The van der Waals surface area contributed by atoms with Gasteiger partial charge in [0.15, 0.2) is 0 Å². The zero-order valence-electron chi connectivity index (χ0n) is 7.34. The number of nitrogens with zero attached hydrogens (tertiary/aromatic N) is 1. The first kappa shape index (κ1) is 9.36. The summed E-state index contributed by atoms with van der Waals surface area (Å²) in [6, 6.07) is 0. The molecule has 3 heteroatoms. The van der Waals surface area contributed by atoms with E-state index in [-0.39, 0.29) is 5.60 Å². The fraction of sp³-hybridized carbons (Fsp3) is 1.00. The SMILES string of the molecule is CC1(C)CN(CCS)CCO1. The molecular weight excluding hydrogens is 158 g/mol. The van der Waals surface area contributed by atoms with Crippen LogP contribution in [0.3, 0.4) is 0 Å². The Bertz CT molecular complexity index is 125. The van der Waals surface area contributed by atoms with Gasteiger partial charge in [-0.25, -0.2) is 0 Å². The maximum atomic E-state index is 5.58. The molecule has 1 heterocycles. The van der Waals surface area contributed by atoms with Crippen molar-refractivity contribution in [3.05, 3.63) is 0 Å². The number of hydrogen-bond acceptors (Lipinski definition) is 3. The van der Waals surface area contributed by atoms with Gasteiger partial charge in [-0.15, -0.1) is 0 Å². The summed E-state index contributed by atoms with van der Waals surface area (Å²) in [5.41, 5.74) is 0.0429. The normalized spacial score (nSPS) is 25.4. The third-order valence-electron chi connectivity index (χ3n) is 1.92. The molecular formula is C8H17NOS. The molecule has 0 aromatic rings. The molecule has 0 unspecified atom stereocenters. The van der Waals surface area contributed by atoms with Gasteiger partial charge in [0, 0.05) is 25.4 Å². The minimum atomic E-state index is 0.0429. The largest absolute Gasteiger partial charge is 0.373 e. The highest BCUT2D eigenvalue weighted by Gasteiger charge is 2.26. The standard InChI is InChI=1S/C8H17NOS/c1-8(2)7-9(4-6-11)3-5-10-8/h11H,3-7H2,1-2H3. The monoisotopic (exact) mass is 175 g/mol. The summed E-state index contributed by atoms with van der Waals surface area (Å²) >= 11 is 4.21. The molecule has 0 amide bonds. The summed E-state index contributed by atoms with van der Waals surface area (Å²) in [4.78, 5) is 2.40. The van der Waals surface area contributed by atoms with E-state index in [1.165, 1.54) is 0 Å². The first-order chi connectivity index (χ1) is 5.14. The van der Waals surface area contributed by atoms with Crippen LogP contribution in [0.15, 0.2) is 0 Å². The van der Waals surface area contributed by atoms with Crippen LogP contribution >= 0.6 is 12.6 Å². The van der Waals surface area contributed by atoms with Gasteiger partial charge in [-0.2, -0.15) is 12.6 Å². The second kappa shape index (κ2) is 3.78. The molecule has 0 saturated carbocycles. The van der Waals surface area contributed by atoms with E-state index in [1.807, 2.05) is 0 Å². The molecule has 0 aliphatic carbocycles. The number of thiol groups is 1. The molecule has 0 N–H and O–H groups in total. The van der Waals surface area contributed by atoms with Crippen LogP contribution in [0.2, 0.25) is 0 Å². The van der Waals surface area contributed by atoms with E-state index in [0.717, 1.165) is 32.0 Å². The summed E-state index contributed by atoms with van der Waals surface area (Å²) in [5, 5.41) is 0. The lowest BCUT2D eigenvalue weighted by Gasteiger charge is -2.37. The van der Waals surface area contributed by atoms with E-state index in [1.54, 1.807) is 0 Å². The Morgan fingerprint density at radius 1 is 1.55 bits per heavy atom. The summed E-state index contributed by atoms with van der Waals surface area (Å²) in [5.74, 6) is 0.941. The van der Waals surface area contributed by atoms with Gasteiger partial charge in [-0.3, -0.25) is 4.90 Å². The van der Waals surface area contributed by atoms with Crippen molar-refractivity contribution in [2.24, 2.45) is 0 Å². The van der Waals surface area contributed by atoms with Gasteiger partial charge >= 0.3 is 0 Å². The predicted octanol–water partition coefficient (Wildman–Crippen LogP) is 1.03. The number of hydrogen-bond donors (Lipinski definition) is 1. The Hall–Kier alpha value is 0.270. The number of rotatable bonds is 2. The van der Waals surface area contributed by atoms with Crippen molar-refractivity contribution < 1.29 is 4.74 Å². The van der Waals surface area contributed by atoms with Crippen molar-refractivity contribution in [1.29, 1.82) is 0 Å². The molecule has 0 aromatic heterocycles. The molecule has 0 spiro atoms. The van der Waals surface area contributed by atoms with Crippen molar-refractivity contribution in [2.75, 3.05) is 32.0 Å². The van der Waals surface area contributed by atoms with Crippen LogP contribution in [0.5, 0.6) is 0 Å². The van der Waals surface area contributed by atoms with E-state index in [9.17, 15) is 0 Å². The molecule has 11 heavy (non-hydrogen) atoms. The zero-order valence-corrected chi connectivity index (χ0v) is 8.23. The number of morpholine rings is 1. The molecule has 1 saturated heterocycles. The van der Waals surface area contributed by atoms with Gasteiger partial charge < -0.3 is 4.74 Å². The smallest absolute Gasteiger partial charge is 0.0753 e. The summed E-state index contributed by atoms with van der Waals surface area (Å²) in [7, 11) is 0. The van der Waals surface area contributed by atoms with Gasteiger partial charge in [0.1, 0.15) is 0 Å². The van der Waals surface area contributed by atoms with E-state index < -0.39 is 0 Å². The zero-order chi connectivity index (χ0) is 8.32. The second-order valence-electron chi connectivity index (χ2n) is 3.61. The lowest BCUT2D eigenvalue weighted by atomic mass is 10.1. The molecule has 2 nitrogen and oxygen atoms in total. The van der Waals surface area contributed by atoms with Crippen molar-refractivity contribution in [3.63, 3.8) is 0 Å². The molecule has 0 radical (unpaired) electrons. The van der Waals surface area contributed by atoms with Gasteiger partial charge in [-0.1, -0.05) is 0 Å².